The number of fused-ring (bicyclic) bond motifs is 1. The quantitative estimate of drug-likeness (QED) is 0.659. The van der Waals surface area contributed by atoms with Crippen molar-refractivity contribution in [3.63, 3.8) is 0 Å². The summed E-state index contributed by atoms with van der Waals surface area (Å²) in [4.78, 5) is 17.4. The molecule has 0 spiro atoms. The van der Waals surface area contributed by atoms with Gasteiger partial charge < -0.3 is 14.5 Å². The van der Waals surface area contributed by atoms with Crippen LogP contribution in [0.3, 0.4) is 0 Å². The predicted molar refractivity (Wildman–Crippen MR) is 104 cm³/mol. The van der Waals surface area contributed by atoms with E-state index in [0.29, 0.717) is 30.1 Å². The summed E-state index contributed by atoms with van der Waals surface area (Å²) in [6, 6.07) is 11.7. The van der Waals surface area contributed by atoms with E-state index in [4.69, 9.17) is 21.4 Å². The van der Waals surface area contributed by atoms with Crippen molar-refractivity contribution in [1.82, 2.24) is 14.5 Å². The van der Waals surface area contributed by atoms with Gasteiger partial charge in [0.2, 0.25) is 0 Å². The summed E-state index contributed by atoms with van der Waals surface area (Å²) in [5.41, 5.74) is 1.67. The summed E-state index contributed by atoms with van der Waals surface area (Å²) >= 11 is 5.36. The molecule has 4 rings (SSSR count). The van der Waals surface area contributed by atoms with Gasteiger partial charge in [-0.25, -0.2) is 0 Å². The predicted octanol–water partition coefficient (Wildman–Crippen LogP) is 2.94. The van der Waals surface area contributed by atoms with Gasteiger partial charge in [0.05, 0.1) is 32.1 Å². The number of hydrogen-bond acceptors (Lipinski definition) is 6. The highest BCUT2D eigenvalue weighted by Crippen LogP contribution is 2.22. The first-order valence-electron chi connectivity index (χ1n) is 8.61. The molecule has 1 aromatic carbocycles. The number of ether oxygens (including phenoxy) is 1. The number of methoxy groups -OCH3 is 1. The average Bonchev–Trinajstić information content (AvgIpc) is 3.19. The lowest BCUT2D eigenvalue weighted by Crippen LogP contribution is -2.39. The summed E-state index contributed by atoms with van der Waals surface area (Å²) in [7, 11) is 1.65. The van der Waals surface area contributed by atoms with Crippen LogP contribution in [-0.2, 0) is 19.6 Å². The number of anilines is 1. The van der Waals surface area contributed by atoms with E-state index in [1.54, 1.807) is 13.4 Å². The molecule has 0 saturated carbocycles. The third kappa shape index (κ3) is 3.67. The van der Waals surface area contributed by atoms with Gasteiger partial charge in [-0.05, 0) is 42.0 Å². The summed E-state index contributed by atoms with van der Waals surface area (Å²) < 4.78 is 12.9. The van der Waals surface area contributed by atoms with Gasteiger partial charge >= 0.3 is 0 Å². The monoisotopic (exact) mass is 384 g/mol. The van der Waals surface area contributed by atoms with Crippen molar-refractivity contribution in [3.05, 3.63) is 74.7 Å². The molecule has 27 heavy (non-hydrogen) atoms. The fourth-order valence-electron chi connectivity index (χ4n) is 3.24. The van der Waals surface area contributed by atoms with Gasteiger partial charge in [-0.1, -0.05) is 12.1 Å². The Morgan fingerprint density at radius 2 is 2.04 bits per heavy atom. The third-order valence-electron chi connectivity index (χ3n) is 4.61. The van der Waals surface area contributed by atoms with E-state index in [0.717, 1.165) is 29.4 Å². The van der Waals surface area contributed by atoms with Crippen molar-refractivity contribution < 1.29 is 9.15 Å². The van der Waals surface area contributed by atoms with Crippen LogP contribution in [0, 0.1) is 4.77 Å². The Labute approximate surface area is 161 Å². The lowest BCUT2D eigenvalue weighted by atomic mass is 10.1. The minimum absolute atomic E-state index is 0.155. The molecule has 3 heterocycles. The van der Waals surface area contributed by atoms with Crippen LogP contribution >= 0.6 is 12.2 Å². The molecule has 0 saturated heterocycles. The molecule has 1 aliphatic rings. The van der Waals surface area contributed by atoms with Gasteiger partial charge in [-0.3, -0.25) is 19.2 Å². The number of furan rings is 1. The largest absolute Gasteiger partial charge is 0.497 e. The lowest BCUT2D eigenvalue weighted by molar-refractivity contribution is 0.262. The molecule has 0 fully saturated rings. The number of hydrogen-bond donors (Lipinski definition) is 2. The van der Waals surface area contributed by atoms with Crippen LogP contribution in [0.5, 0.6) is 5.75 Å². The molecule has 7 nitrogen and oxygen atoms in total. The van der Waals surface area contributed by atoms with Crippen LogP contribution in [0.1, 0.15) is 16.9 Å². The SMILES string of the molecule is COc1ccc(CN2CNc3c(c(=O)[nH]c(=S)n3Cc3ccco3)C2)cc1. The normalized spacial score (nSPS) is 13.8. The second kappa shape index (κ2) is 7.42. The summed E-state index contributed by atoms with van der Waals surface area (Å²) in [5, 5.41) is 3.35. The van der Waals surface area contributed by atoms with Crippen molar-refractivity contribution >= 4 is 18.0 Å². The minimum Gasteiger partial charge on any atom is -0.497 e. The van der Waals surface area contributed by atoms with Crippen molar-refractivity contribution in [1.29, 1.82) is 0 Å². The maximum absolute atomic E-state index is 12.5. The maximum atomic E-state index is 12.5. The molecule has 3 aromatic rings. The third-order valence-corrected chi connectivity index (χ3v) is 4.93. The van der Waals surface area contributed by atoms with Crippen LogP contribution < -0.4 is 15.6 Å². The van der Waals surface area contributed by atoms with Gasteiger partial charge in [0.15, 0.2) is 4.77 Å². The highest BCUT2D eigenvalue weighted by molar-refractivity contribution is 7.71. The highest BCUT2D eigenvalue weighted by Gasteiger charge is 2.22. The van der Waals surface area contributed by atoms with Gasteiger partial charge in [0.25, 0.3) is 5.56 Å². The van der Waals surface area contributed by atoms with Crippen molar-refractivity contribution in [2.24, 2.45) is 0 Å². The summed E-state index contributed by atoms with van der Waals surface area (Å²) in [5.74, 6) is 2.36. The van der Waals surface area contributed by atoms with E-state index in [9.17, 15) is 4.79 Å². The molecule has 0 bridgehead atoms. The van der Waals surface area contributed by atoms with E-state index in [1.165, 1.54) is 0 Å². The zero-order valence-electron chi connectivity index (χ0n) is 14.9. The van der Waals surface area contributed by atoms with E-state index >= 15 is 0 Å². The number of nitrogens with zero attached hydrogens (tertiary/aromatic N) is 2. The Bertz CT molecular complexity index is 1040. The van der Waals surface area contributed by atoms with Gasteiger partial charge in [-0.15, -0.1) is 0 Å². The summed E-state index contributed by atoms with van der Waals surface area (Å²) in [6.07, 6.45) is 1.63. The first-order chi connectivity index (χ1) is 13.1. The minimum atomic E-state index is -0.155. The molecule has 0 atom stereocenters. The molecule has 0 unspecified atom stereocenters. The molecule has 2 N–H and O–H groups in total. The van der Waals surface area contributed by atoms with Crippen molar-refractivity contribution in [3.8, 4) is 5.75 Å². The van der Waals surface area contributed by atoms with Crippen molar-refractivity contribution in [2.45, 2.75) is 19.6 Å². The number of H-pyrrole nitrogens is 1. The number of nitrogens with one attached hydrogen (secondary N) is 2. The summed E-state index contributed by atoms with van der Waals surface area (Å²) in [6.45, 7) is 2.35. The van der Waals surface area contributed by atoms with Crippen LogP contribution in [-0.4, -0.2) is 28.2 Å². The van der Waals surface area contributed by atoms with Crippen LogP contribution in [0.2, 0.25) is 0 Å². The Morgan fingerprint density at radius 1 is 1.22 bits per heavy atom. The highest BCUT2D eigenvalue weighted by atomic mass is 32.1. The molecular formula is C19H20N4O3S. The number of rotatable bonds is 5. The lowest BCUT2D eigenvalue weighted by Gasteiger charge is -2.31. The molecule has 8 heteroatoms. The van der Waals surface area contributed by atoms with Crippen LogP contribution in [0.15, 0.2) is 51.9 Å². The fourth-order valence-corrected chi connectivity index (χ4v) is 3.49. The van der Waals surface area contributed by atoms with Crippen LogP contribution in [0.25, 0.3) is 0 Å². The van der Waals surface area contributed by atoms with E-state index in [2.05, 4.69) is 15.2 Å². The molecule has 1 aliphatic heterocycles. The number of aromatic nitrogens is 2. The molecule has 0 amide bonds. The zero-order valence-corrected chi connectivity index (χ0v) is 15.7. The molecule has 0 radical (unpaired) electrons. The van der Waals surface area contributed by atoms with Gasteiger partial charge in [0, 0.05) is 13.1 Å². The molecule has 2 aromatic heterocycles. The topological polar surface area (TPSA) is 75.4 Å². The zero-order chi connectivity index (χ0) is 18.8. The van der Waals surface area contributed by atoms with Gasteiger partial charge in [-0.2, -0.15) is 0 Å². The second-order valence-corrected chi connectivity index (χ2v) is 6.81. The van der Waals surface area contributed by atoms with Crippen molar-refractivity contribution in [2.75, 3.05) is 19.1 Å². The first kappa shape index (κ1) is 17.6. The Balaban J connectivity index is 1.58. The van der Waals surface area contributed by atoms with E-state index in [1.807, 2.05) is 41.0 Å². The first-order valence-corrected chi connectivity index (χ1v) is 9.02. The maximum Gasteiger partial charge on any atom is 0.258 e. The van der Waals surface area contributed by atoms with Crippen LogP contribution in [0.4, 0.5) is 5.82 Å². The van der Waals surface area contributed by atoms with E-state index < -0.39 is 0 Å². The number of aromatic amines is 1. The molecule has 140 valence electrons. The number of benzene rings is 1. The Morgan fingerprint density at radius 3 is 2.74 bits per heavy atom. The Kier molecular flexibility index (Phi) is 4.83. The molecule has 0 aliphatic carbocycles. The smallest absolute Gasteiger partial charge is 0.258 e. The van der Waals surface area contributed by atoms with Gasteiger partial charge in [0.1, 0.15) is 17.3 Å². The van der Waals surface area contributed by atoms with E-state index in [-0.39, 0.29) is 5.56 Å². The second-order valence-electron chi connectivity index (χ2n) is 6.42. The Hall–Kier alpha value is -2.84. The standard InChI is InChI=1S/C19H20N4O3S/c1-25-14-6-4-13(5-7-14)9-22-11-16-17(20-12-22)23(19(27)21-18(16)24)10-15-3-2-8-26-15/h2-8,20H,9-12H2,1H3,(H,21,24,27). The molecular weight excluding hydrogens is 364 g/mol. The fraction of sp³-hybridized carbons (Fsp3) is 0.263. The average molecular weight is 384 g/mol.